The molecule has 1 aliphatic carbocycles. The molecule has 1 aromatic carbocycles. The van der Waals surface area contributed by atoms with Gasteiger partial charge in [0.2, 0.25) is 0 Å². The van der Waals surface area contributed by atoms with E-state index in [1.165, 1.54) is 5.57 Å². The fourth-order valence-electron chi connectivity index (χ4n) is 2.34. The molecule has 0 aliphatic heterocycles. The minimum atomic E-state index is -0.470. The van der Waals surface area contributed by atoms with Crippen LogP contribution in [0.2, 0.25) is 0 Å². The molecule has 0 radical (unpaired) electrons. The third-order valence-electron chi connectivity index (χ3n) is 3.28. The molecule has 0 saturated heterocycles. The number of rotatable bonds is 3. The molecule has 0 aromatic heterocycles. The average molecular weight is 242 g/mol. The molecule has 1 aromatic rings. The van der Waals surface area contributed by atoms with Gasteiger partial charge in [0.25, 0.3) is 5.91 Å². The first-order chi connectivity index (χ1) is 8.65. The summed E-state index contributed by atoms with van der Waals surface area (Å²) in [7, 11) is 0. The molecule has 4 N–H and O–H groups in total. The van der Waals surface area contributed by atoms with Gasteiger partial charge in [-0.15, -0.1) is 0 Å². The topological polar surface area (TPSA) is 69.1 Å². The largest absolute Gasteiger partial charge is 0.398 e. The zero-order valence-electron chi connectivity index (χ0n) is 10.6. The Bertz CT molecular complexity index is 542. The van der Waals surface area contributed by atoms with Crippen LogP contribution < -0.4 is 11.5 Å². The smallest absolute Gasteiger partial charge is 0.250 e. The van der Waals surface area contributed by atoms with Crippen LogP contribution in [0, 0.1) is 0 Å². The van der Waals surface area contributed by atoms with Crippen molar-refractivity contribution in [3.63, 3.8) is 0 Å². The lowest BCUT2D eigenvalue weighted by Crippen LogP contribution is -2.15. The molecule has 18 heavy (non-hydrogen) atoms. The third-order valence-corrected chi connectivity index (χ3v) is 3.28. The fraction of sp³-hybridized carbons (Fsp3) is 0.267. The van der Waals surface area contributed by atoms with Crippen molar-refractivity contribution in [1.82, 2.24) is 0 Å². The minimum absolute atomic E-state index is 0.413. The highest BCUT2D eigenvalue weighted by atomic mass is 16.1. The Morgan fingerprint density at radius 1 is 1.33 bits per heavy atom. The van der Waals surface area contributed by atoms with E-state index in [9.17, 15) is 4.79 Å². The lowest BCUT2D eigenvalue weighted by Gasteiger charge is -2.16. The van der Waals surface area contributed by atoms with E-state index in [2.05, 4.69) is 18.2 Å². The summed E-state index contributed by atoms with van der Waals surface area (Å²) in [4.78, 5) is 11.3. The molecule has 3 heteroatoms. The van der Waals surface area contributed by atoms with Crippen LogP contribution in [0.15, 0.2) is 30.4 Å². The van der Waals surface area contributed by atoms with Crippen LogP contribution in [0.4, 0.5) is 5.69 Å². The Labute approximate surface area is 107 Å². The molecular formula is C15H18N2O. The first kappa shape index (κ1) is 12.4. The van der Waals surface area contributed by atoms with Gasteiger partial charge in [0.1, 0.15) is 0 Å². The van der Waals surface area contributed by atoms with Crippen molar-refractivity contribution in [2.45, 2.75) is 26.2 Å². The quantitative estimate of drug-likeness (QED) is 0.800. The number of carbonyl (C=O) groups excluding carboxylic acids is 1. The van der Waals surface area contributed by atoms with Gasteiger partial charge in [0, 0.05) is 5.69 Å². The molecule has 0 bridgehead atoms. The number of nitrogens with two attached hydrogens (primary N) is 2. The van der Waals surface area contributed by atoms with Gasteiger partial charge in [-0.3, -0.25) is 4.79 Å². The summed E-state index contributed by atoms with van der Waals surface area (Å²) in [6.07, 6.45) is 9.39. The summed E-state index contributed by atoms with van der Waals surface area (Å²) in [5, 5.41) is 0. The van der Waals surface area contributed by atoms with Crippen molar-refractivity contribution in [2.24, 2.45) is 5.73 Å². The standard InChI is InChI=1S/C15H18N2O/c1-2-11-12(10-6-4-3-5-7-10)8-9-13(14(11)16)15(17)18/h4,6-9H,2-3,5,16H2,1H3,(H2,17,18). The Morgan fingerprint density at radius 2 is 2.11 bits per heavy atom. The van der Waals surface area contributed by atoms with Crippen LogP contribution in [-0.2, 0) is 6.42 Å². The van der Waals surface area contributed by atoms with Crippen molar-refractivity contribution in [1.29, 1.82) is 0 Å². The first-order valence-electron chi connectivity index (χ1n) is 6.23. The second-order valence-electron chi connectivity index (χ2n) is 4.41. The molecule has 1 aliphatic rings. The van der Waals surface area contributed by atoms with E-state index in [4.69, 9.17) is 11.5 Å². The highest BCUT2D eigenvalue weighted by molar-refractivity contribution is 6.00. The van der Waals surface area contributed by atoms with Gasteiger partial charge in [-0.05, 0) is 42.0 Å². The molecule has 0 fully saturated rings. The maximum atomic E-state index is 11.3. The number of primary amides is 1. The predicted octanol–water partition coefficient (Wildman–Crippen LogP) is 2.66. The van der Waals surface area contributed by atoms with Gasteiger partial charge >= 0.3 is 0 Å². The second kappa shape index (κ2) is 5.08. The molecule has 0 saturated carbocycles. The van der Waals surface area contributed by atoms with Crippen LogP contribution >= 0.6 is 0 Å². The number of amides is 1. The molecule has 3 nitrogen and oxygen atoms in total. The highest BCUT2D eigenvalue weighted by Gasteiger charge is 2.14. The third kappa shape index (κ3) is 2.16. The van der Waals surface area contributed by atoms with Gasteiger partial charge in [-0.25, -0.2) is 0 Å². The average Bonchev–Trinajstić information content (AvgIpc) is 2.39. The monoisotopic (exact) mass is 242 g/mol. The molecule has 0 spiro atoms. The van der Waals surface area contributed by atoms with E-state index < -0.39 is 5.91 Å². The zero-order valence-corrected chi connectivity index (χ0v) is 10.6. The highest BCUT2D eigenvalue weighted by Crippen LogP contribution is 2.30. The van der Waals surface area contributed by atoms with Gasteiger partial charge in [-0.1, -0.05) is 31.2 Å². The number of allylic oxidation sites excluding steroid dienone is 4. The zero-order chi connectivity index (χ0) is 13.1. The number of hydrogen-bond acceptors (Lipinski definition) is 2. The van der Waals surface area contributed by atoms with E-state index in [0.717, 1.165) is 30.4 Å². The minimum Gasteiger partial charge on any atom is -0.398 e. The molecule has 94 valence electrons. The summed E-state index contributed by atoms with van der Waals surface area (Å²) in [6.45, 7) is 2.03. The molecule has 0 atom stereocenters. The van der Waals surface area contributed by atoms with Gasteiger partial charge in [0.05, 0.1) is 5.56 Å². The first-order valence-corrected chi connectivity index (χ1v) is 6.23. The van der Waals surface area contributed by atoms with Crippen molar-refractivity contribution in [3.8, 4) is 0 Å². The molecular weight excluding hydrogens is 224 g/mol. The van der Waals surface area contributed by atoms with Crippen LogP contribution in [0.25, 0.3) is 5.57 Å². The van der Waals surface area contributed by atoms with Crippen molar-refractivity contribution >= 4 is 17.2 Å². The molecule has 0 heterocycles. The SMILES string of the molecule is CCc1c(C2=CCCC=C2)ccc(C(N)=O)c1N. The lowest BCUT2D eigenvalue weighted by atomic mass is 9.91. The van der Waals surface area contributed by atoms with E-state index in [0.29, 0.717) is 11.3 Å². The number of benzene rings is 1. The number of hydrogen-bond donors (Lipinski definition) is 2. The Morgan fingerprint density at radius 3 is 2.67 bits per heavy atom. The number of carbonyl (C=O) groups is 1. The maximum Gasteiger partial charge on any atom is 0.250 e. The Balaban J connectivity index is 2.56. The second-order valence-corrected chi connectivity index (χ2v) is 4.41. The van der Waals surface area contributed by atoms with Gasteiger partial charge in [-0.2, -0.15) is 0 Å². The van der Waals surface area contributed by atoms with Crippen molar-refractivity contribution < 1.29 is 4.79 Å². The van der Waals surface area contributed by atoms with E-state index in [-0.39, 0.29) is 0 Å². The van der Waals surface area contributed by atoms with Crippen LogP contribution in [0.5, 0.6) is 0 Å². The normalized spacial score (nSPS) is 14.4. The van der Waals surface area contributed by atoms with Gasteiger partial charge < -0.3 is 11.5 Å². The molecule has 0 unspecified atom stereocenters. The number of anilines is 1. The van der Waals surface area contributed by atoms with Crippen LogP contribution in [0.3, 0.4) is 0 Å². The summed E-state index contributed by atoms with van der Waals surface area (Å²) in [5.74, 6) is -0.470. The van der Waals surface area contributed by atoms with E-state index in [1.807, 2.05) is 13.0 Å². The summed E-state index contributed by atoms with van der Waals surface area (Å²) >= 11 is 0. The van der Waals surface area contributed by atoms with Gasteiger partial charge in [0.15, 0.2) is 0 Å². The van der Waals surface area contributed by atoms with Crippen LogP contribution in [0.1, 0.15) is 41.3 Å². The fourth-order valence-corrected chi connectivity index (χ4v) is 2.34. The van der Waals surface area contributed by atoms with Crippen molar-refractivity contribution in [3.05, 3.63) is 47.1 Å². The maximum absolute atomic E-state index is 11.3. The molecule has 2 rings (SSSR count). The summed E-state index contributed by atoms with van der Waals surface area (Å²) in [6, 6.07) is 3.66. The van der Waals surface area contributed by atoms with E-state index >= 15 is 0 Å². The summed E-state index contributed by atoms with van der Waals surface area (Å²) < 4.78 is 0. The van der Waals surface area contributed by atoms with Crippen LogP contribution in [-0.4, -0.2) is 5.91 Å². The predicted molar refractivity (Wildman–Crippen MR) is 75.1 cm³/mol. The van der Waals surface area contributed by atoms with Crippen molar-refractivity contribution in [2.75, 3.05) is 5.73 Å². The lowest BCUT2D eigenvalue weighted by molar-refractivity contribution is 0.100. The van der Waals surface area contributed by atoms with E-state index in [1.54, 1.807) is 6.07 Å². The Kier molecular flexibility index (Phi) is 3.51. The number of nitrogen functional groups attached to an aromatic ring is 1. The Hall–Kier alpha value is -2.03. The molecule has 1 amide bonds. The summed E-state index contributed by atoms with van der Waals surface area (Å²) in [5.41, 5.74) is 15.6.